The molecular formula is C19H32. The summed E-state index contributed by atoms with van der Waals surface area (Å²) in [4.78, 5) is 0. The van der Waals surface area contributed by atoms with Gasteiger partial charge in [0.1, 0.15) is 0 Å². The average Bonchev–Trinajstić information content (AvgIpc) is 2.85. The lowest BCUT2D eigenvalue weighted by molar-refractivity contribution is 0.396. The van der Waals surface area contributed by atoms with Crippen LogP contribution < -0.4 is 0 Å². The number of unbranched alkanes of at least 4 members (excludes halogenated alkanes) is 2. The largest absolute Gasteiger partial charge is 0.113 e. The Balaban J connectivity index is 2.88. The maximum atomic E-state index is 3.71. The van der Waals surface area contributed by atoms with Crippen LogP contribution in [-0.2, 0) is 0 Å². The summed E-state index contributed by atoms with van der Waals surface area (Å²) in [6.45, 7) is 14.0. The first-order chi connectivity index (χ1) is 8.83. The normalized spacial score (nSPS) is 15.7. The number of hydrogen-bond donors (Lipinski definition) is 0. The van der Waals surface area contributed by atoms with Crippen molar-refractivity contribution in [3.8, 4) is 0 Å². The number of allylic oxidation sites excluding steroid dienone is 3. The zero-order chi connectivity index (χ0) is 14.5. The second-order valence-electron chi connectivity index (χ2n) is 7.26. The molecule has 0 spiro atoms. The van der Waals surface area contributed by atoms with Gasteiger partial charge in [-0.25, -0.2) is 0 Å². The van der Waals surface area contributed by atoms with Crippen LogP contribution in [0.2, 0.25) is 0 Å². The molecule has 0 aromatic heterocycles. The average molecular weight is 260 g/mol. The summed E-state index contributed by atoms with van der Waals surface area (Å²) < 4.78 is 0. The van der Waals surface area contributed by atoms with Crippen LogP contribution in [0.3, 0.4) is 0 Å². The third-order valence-electron chi connectivity index (χ3n) is 4.45. The topological polar surface area (TPSA) is 0 Å². The van der Waals surface area contributed by atoms with Gasteiger partial charge in [0.2, 0.25) is 0 Å². The summed E-state index contributed by atoms with van der Waals surface area (Å²) >= 11 is 0. The zero-order valence-corrected chi connectivity index (χ0v) is 13.9. The first-order valence-corrected chi connectivity index (χ1v) is 8.03. The third kappa shape index (κ3) is 4.39. The lowest BCUT2D eigenvalue weighted by atomic mass is 9.79. The molecule has 0 saturated heterocycles. The van der Waals surface area contributed by atoms with Gasteiger partial charge in [-0.3, -0.25) is 0 Å². The highest BCUT2D eigenvalue weighted by Crippen LogP contribution is 2.40. The Labute approximate surface area is 120 Å². The predicted octanol–water partition coefficient (Wildman–Crippen LogP) is 6.44. The van der Waals surface area contributed by atoms with Gasteiger partial charge in [0, 0.05) is 0 Å². The van der Waals surface area contributed by atoms with Crippen LogP contribution in [0, 0.1) is 10.8 Å². The molecular weight excluding hydrogens is 228 g/mol. The summed E-state index contributed by atoms with van der Waals surface area (Å²) in [5, 5.41) is 0. The molecule has 0 aliphatic heterocycles. The maximum absolute atomic E-state index is 3.71. The van der Waals surface area contributed by atoms with Gasteiger partial charge in [-0.1, -0.05) is 67.2 Å². The van der Waals surface area contributed by atoms with Crippen LogP contribution in [0.1, 0.15) is 80.1 Å². The van der Waals surface area contributed by atoms with Crippen molar-refractivity contribution in [1.29, 1.82) is 0 Å². The smallest absolute Gasteiger partial charge is 0.0000549 e. The van der Waals surface area contributed by atoms with Crippen LogP contribution >= 0.6 is 0 Å². The van der Waals surface area contributed by atoms with Crippen molar-refractivity contribution in [3.05, 3.63) is 29.0 Å². The quantitative estimate of drug-likeness (QED) is 0.440. The molecule has 0 heterocycles. The van der Waals surface area contributed by atoms with E-state index in [0.29, 0.717) is 0 Å². The number of hydrogen-bond acceptors (Lipinski definition) is 0. The van der Waals surface area contributed by atoms with E-state index in [9.17, 15) is 0 Å². The molecule has 1 aliphatic carbocycles. The zero-order valence-electron chi connectivity index (χ0n) is 13.9. The van der Waals surface area contributed by atoms with Crippen molar-refractivity contribution in [2.75, 3.05) is 0 Å². The van der Waals surface area contributed by atoms with E-state index in [2.05, 4.69) is 59.4 Å². The van der Waals surface area contributed by atoms with Crippen molar-refractivity contribution in [3.63, 3.8) is 0 Å². The Morgan fingerprint density at radius 3 is 1.47 bits per heavy atom. The van der Waals surface area contributed by atoms with Crippen molar-refractivity contribution in [2.45, 2.75) is 80.1 Å². The Bertz CT molecular complexity index is 350. The van der Waals surface area contributed by atoms with E-state index in [1.165, 1.54) is 49.7 Å². The van der Waals surface area contributed by atoms with E-state index in [4.69, 9.17) is 0 Å². The molecule has 0 nitrogen and oxygen atoms in total. The molecule has 0 saturated carbocycles. The highest BCUT2D eigenvalue weighted by molar-refractivity contribution is 5.42. The fourth-order valence-electron chi connectivity index (χ4n) is 2.69. The number of rotatable bonds is 8. The van der Waals surface area contributed by atoms with Crippen LogP contribution in [0.5, 0.6) is 0 Å². The Hall–Kier alpha value is -0.740. The van der Waals surface area contributed by atoms with Crippen LogP contribution in [0.4, 0.5) is 0 Å². The van der Waals surface area contributed by atoms with E-state index in [0.717, 1.165) is 0 Å². The molecule has 108 valence electrons. The molecule has 0 bridgehead atoms. The molecule has 0 atom stereocenters. The Morgan fingerprint density at radius 2 is 1.16 bits per heavy atom. The molecule has 0 N–H and O–H groups in total. The minimum absolute atomic E-state index is 0.273. The van der Waals surface area contributed by atoms with Gasteiger partial charge in [-0.05, 0) is 47.0 Å². The van der Waals surface area contributed by atoms with E-state index in [1.54, 1.807) is 0 Å². The van der Waals surface area contributed by atoms with Crippen molar-refractivity contribution in [2.24, 2.45) is 10.8 Å². The summed E-state index contributed by atoms with van der Waals surface area (Å²) in [6, 6.07) is 0. The van der Waals surface area contributed by atoms with Gasteiger partial charge < -0.3 is 0 Å². The summed E-state index contributed by atoms with van der Waals surface area (Å²) in [6.07, 6.45) is 12.3. The fourth-order valence-corrected chi connectivity index (χ4v) is 2.69. The molecule has 1 rings (SSSR count). The van der Waals surface area contributed by atoms with E-state index in [1.807, 2.05) is 0 Å². The summed E-state index contributed by atoms with van der Waals surface area (Å²) in [7, 11) is 0. The maximum Gasteiger partial charge on any atom is -0.0000549 e. The standard InChI is InChI=1S/C19H32/c1-7-9-13-18(3,4)16-11-12-17(15-16)19(5,6)14-10-8-2/h11-12H,7-10,13-14H2,1-6H3. The molecule has 0 aromatic carbocycles. The molecule has 0 amide bonds. The SMILES string of the molecule is CCCCC(C)(C)C1=C=C(C(C)(C)CCCC)C=C1. The van der Waals surface area contributed by atoms with Gasteiger partial charge in [0.15, 0.2) is 0 Å². The third-order valence-corrected chi connectivity index (χ3v) is 4.45. The predicted molar refractivity (Wildman–Crippen MR) is 86.3 cm³/mol. The van der Waals surface area contributed by atoms with E-state index >= 15 is 0 Å². The molecule has 0 fully saturated rings. The lowest BCUT2D eigenvalue weighted by Gasteiger charge is -2.24. The molecule has 0 aromatic rings. The van der Waals surface area contributed by atoms with Gasteiger partial charge in [-0.15, -0.1) is 5.73 Å². The minimum Gasteiger partial charge on any atom is -0.113 e. The second-order valence-corrected chi connectivity index (χ2v) is 7.26. The highest BCUT2D eigenvalue weighted by atomic mass is 14.3. The lowest BCUT2D eigenvalue weighted by Crippen LogP contribution is -2.13. The van der Waals surface area contributed by atoms with Crippen molar-refractivity contribution >= 4 is 0 Å². The monoisotopic (exact) mass is 260 g/mol. The molecule has 0 unspecified atom stereocenters. The van der Waals surface area contributed by atoms with E-state index in [-0.39, 0.29) is 10.8 Å². The fraction of sp³-hybridized carbons (Fsp3) is 0.737. The molecule has 19 heavy (non-hydrogen) atoms. The summed E-state index contributed by atoms with van der Waals surface area (Å²) in [5.74, 6) is 0. The van der Waals surface area contributed by atoms with Gasteiger partial charge in [-0.2, -0.15) is 0 Å². The summed E-state index contributed by atoms with van der Waals surface area (Å²) in [5.41, 5.74) is 7.06. The first-order valence-electron chi connectivity index (χ1n) is 8.03. The van der Waals surface area contributed by atoms with Gasteiger partial charge >= 0.3 is 0 Å². The second kappa shape index (κ2) is 6.62. The van der Waals surface area contributed by atoms with Crippen molar-refractivity contribution in [1.82, 2.24) is 0 Å². The van der Waals surface area contributed by atoms with Crippen molar-refractivity contribution < 1.29 is 0 Å². The van der Waals surface area contributed by atoms with E-state index < -0.39 is 0 Å². The van der Waals surface area contributed by atoms with Crippen LogP contribution in [0.15, 0.2) is 29.0 Å². The van der Waals surface area contributed by atoms with Gasteiger partial charge in [0.25, 0.3) is 0 Å². The van der Waals surface area contributed by atoms with Crippen LogP contribution in [-0.4, -0.2) is 0 Å². The minimum atomic E-state index is 0.273. The Morgan fingerprint density at radius 1 is 0.789 bits per heavy atom. The van der Waals surface area contributed by atoms with Gasteiger partial charge in [0.05, 0.1) is 0 Å². The highest BCUT2D eigenvalue weighted by Gasteiger charge is 2.27. The molecule has 0 heteroatoms. The first kappa shape index (κ1) is 16.3. The van der Waals surface area contributed by atoms with Crippen LogP contribution in [0.25, 0.3) is 0 Å². The molecule has 0 radical (unpaired) electrons. The Kier molecular flexibility index (Phi) is 5.68. The molecule has 1 aliphatic rings.